The number of rotatable bonds is 7. The Morgan fingerprint density at radius 2 is 2.10 bits per heavy atom. The van der Waals surface area contributed by atoms with Crippen LogP contribution in [0.1, 0.15) is 0 Å². The van der Waals surface area contributed by atoms with Gasteiger partial charge in [0.05, 0.1) is 22.1 Å². The first-order valence-electron chi connectivity index (χ1n) is 5.57. The van der Waals surface area contributed by atoms with Crippen molar-refractivity contribution in [2.45, 2.75) is 11.0 Å². The Kier molecular flexibility index (Phi) is 6.70. The number of methoxy groups -OCH3 is 2. The summed E-state index contributed by atoms with van der Waals surface area (Å²) < 4.78 is 37.2. The van der Waals surface area contributed by atoms with E-state index in [2.05, 4.69) is 20.7 Å². The van der Waals surface area contributed by atoms with Gasteiger partial charge in [-0.15, -0.1) is 0 Å². The van der Waals surface area contributed by atoms with E-state index in [9.17, 15) is 8.42 Å². The van der Waals surface area contributed by atoms with Crippen LogP contribution in [-0.2, 0) is 19.5 Å². The number of ether oxygens (including phenoxy) is 2. The molecular formula is C11H16BrClN2O4S. The third-order valence-electron chi connectivity index (χ3n) is 2.51. The molecule has 1 rings (SSSR count). The second-order valence-corrected chi connectivity index (χ2v) is 6.94. The van der Waals surface area contributed by atoms with E-state index >= 15 is 0 Å². The van der Waals surface area contributed by atoms with Crippen LogP contribution in [-0.4, -0.2) is 41.9 Å². The van der Waals surface area contributed by atoms with Gasteiger partial charge >= 0.3 is 0 Å². The van der Waals surface area contributed by atoms with E-state index in [1.165, 1.54) is 26.4 Å². The van der Waals surface area contributed by atoms with Crippen LogP contribution in [0.2, 0.25) is 5.02 Å². The van der Waals surface area contributed by atoms with Crippen molar-refractivity contribution in [2.75, 3.05) is 33.1 Å². The predicted molar refractivity (Wildman–Crippen MR) is 81.4 cm³/mol. The molecule has 0 bridgehead atoms. The summed E-state index contributed by atoms with van der Waals surface area (Å²) in [6, 6.07) is 2.79. The van der Waals surface area contributed by atoms with Crippen molar-refractivity contribution in [3.63, 3.8) is 0 Å². The lowest BCUT2D eigenvalue weighted by Gasteiger charge is -2.16. The van der Waals surface area contributed by atoms with Crippen molar-refractivity contribution in [3.8, 4) is 0 Å². The summed E-state index contributed by atoms with van der Waals surface area (Å²) in [4.78, 5) is -0.0187. The third kappa shape index (κ3) is 4.57. The lowest BCUT2D eigenvalue weighted by molar-refractivity contribution is 0.0320. The lowest BCUT2D eigenvalue weighted by atomic mass is 10.3. The number of anilines is 1. The van der Waals surface area contributed by atoms with Crippen molar-refractivity contribution >= 4 is 43.2 Å². The number of hydrogen-bond donors (Lipinski definition) is 2. The summed E-state index contributed by atoms with van der Waals surface area (Å²) >= 11 is 8.98. The molecule has 0 saturated carbocycles. The molecule has 0 heterocycles. The molecule has 1 aromatic rings. The molecule has 0 aliphatic rings. The molecule has 114 valence electrons. The number of nitrogen functional groups attached to an aromatic ring is 1. The minimum atomic E-state index is -3.76. The number of sulfonamides is 1. The Bertz CT molecular complexity index is 568. The maximum absolute atomic E-state index is 12.2. The maximum atomic E-state index is 12.2. The molecule has 3 N–H and O–H groups in total. The monoisotopic (exact) mass is 386 g/mol. The van der Waals surface area contributed by atoms with E-state index in [0.29, 0.717) is 0 Å². The van der Waals surface area contributed by atoms with Crippen LogP contribution < -0.4 is 10.5 Å². The van der Waals surface area contributed by atoms with Gasteiger partial charge in [0.1, 0.15) is 0 Å². The third-order valence-corrected chi connectivity index (χ3v) is 5.32. The fourth-order valence-corrected chi connectivity index (χ4v) is 3.81. The van der Waals surface area contributed by atoms with Gasteiger partial charge in [0.15, 0.2) is 0 Å². The molecule has 0 aromatic heterocycles. The largest absolute Gasteiger partial charge is 0.398 e. The second-order valence-electron chi connectivity index (χ2n) is 3.97. The average Bonchev–Trinajstić information content (AvgIpc) is 2.38. The Labute approximate surface area is 131 Å². The van der Waals surface area contributed by atoms with Gasteiger partial charge in [-0.05, 0) is 28.1 Å². The quantitative estimate of drug-likeness (QED) is 0.694. The number of nitrogens with one attached hydrogen (secondary N) is 1. The zero-order valence-corrected chi connectivity index (χ0v) is 14.2. The first-order chi connectivity index (χ1) is 9.31. The molecule has 0 amide bonds. The highest BCUT2D eigenvalue weighted by molar-refractivity contribution is 9.10. The standard InChI is InChI=1S/C11H16BrClN2O4S/c1-18-6-8(19-2)5-15-20(16,17)10-4-7(13)3-9(14)11(10)12/h3-4,8,15H,5-6,14H2,1-2H3. The zero-order valence-electron chi connectivity index (χ0n) is 11.0. The van der Waals surface area contributed by atoms with Crippen molar-refractivity contribution in [1.29, 1.82) is 0 Å². The highest BCUT2D eigenvalue weighted by atomic mass is 79.9. The molecule has 1 aromatic carbocycles. The highest BCUT2D eigenvalue weighted by Crippen LogP contribution is 2.31. The summed E-state index contributed by atoms with van der Waals surface area (Å²) in [6.45, 7) is 0.351. The number of nitrogens with two attached hydrogens (primary N) is 1. The number of hydrogen-bond acceptors (Lipinski definition) is 5. The van der Waals surface area contributed by atoms with Crippen LogP contribution in [0, 0.1) is 0 Å². The minimum absolute atomic E-state index is 0.0187. The average molecular weight is 388 g/mol. The van der Waals surface area contributed by atoms with Gasteiger partial charge in [-0.25, -0.2) is 13.1 Å². The summed E-state index contributed by atoms with van der Waals surface area (Å²) in [5.74, 6) is 0. The Balaban J connectivity index is 2.94. The smallest absolute Gasteiger partial charge is 0.241 e. The van der Waals surface area contributed by atoms with Crippen molar-refractivity contribution in [3.05, 3.63) is 21.6 Å². The van der Waals surface area contributed by atoms with Crippen LogP contribution in [0.15, 0.2) is 21.5 Å². The van der Waals surface area contributed by atoms with Gasteiger partial charge < -0.3 is 15.2 Å². The Hall–Kier alpha value is -0.380. The fourth-order valence-electron chi connectivity index (χ4n) is 1.46. The molecule has 0 aliphatic heterocycles. The van der Waals surface area contributed by atoms with Crippen LogP contribution in [0.5, 0.6) is 0 Å². The topological polar surface area (TPSA) is 90.7 Å². The van der Waals surface area contributed by atoms with E-state index in [1.807, 2.05) is 0 Å². The van der Waals surface area contributed by atoms with Crippen molar-refractivity contribution in [2.24, 2.45) is 0 Å². The van der Waals surface area contributed by atoms with Crippen LogP contribution in [0.25, 0.3) is 0 Å². The molecule has 20 heavy (non-hydrogen) atoms. The van der Waals surface area contributed by atoms with E-state index in [4.69, 9.17) is 26.8 Å². The lowest BCUT2D eigenvalue weighted by Crippen LogP contribution is -2.35. The molecule has 0 fully saturated rings. The molecule has 0 saturated heterocycles. The van der Waals surface area contributed by atoms with Gasteiger partial charge in [0, 0.05) is 31.5 Å². The Morgan fingerprint density at radius 3 is 2.65 bits per heavy atom. The van der Waals surface area contributed by atoms with Crippen molar-refractivity contribution < 1.29 is 17.9 Å². The first-order valence-corrected chi connectivity index (χ1v) is 8.23. The predicted octanol–water partition coefficient (Wildman–Crippen LogP) is 1.62. The normalized spacial score (nSPS) is 13.4. The highest BCUT2D eigenvalue weighted by Gasteiger charge is 2.21. The molecule has 9 heteroatoms. The summed E-state index contributed by atoms with van der Waals surface area (Å²) in [5.41, 5.74) is 5.93. The summed E-state index contributed by atoms with van der Waals surface area (Å²) in [7, 11) is -0.770. The number of halogens is 2. The molecular weight excluding hydrogens is 372 g/mol. The SMILES string of the molecule is COCC(CNS(=O)(=O)c1cc(Cl)cc(N)c1Br)OC. The molecule has 1 unspecified atom stereocenters. The molecule has 0 radical (unpaired) electrons. The molecule has 1 atom stereocenters. The van der Waals surface area contributed by atoms with Crippen molar-refractivity contribution in [1.82, 2.24) is 4.72 Å². The fraction of sp³-hybridized carbons (Fsp3) is 0.455. The van der Waals surface area contributed by atoms with Crippen LogP contribution >= 0.6 is 27.5 Å². The summed E-state index contributed by atoms with van der Waals surface area (Å²) in [6.07, 6.45) is -0.384. The van der Waals surface area contributed by atoms with E-state index in [0.717, 1.165) is 0 Å². The zero-order chi connectivity index (χ0) is 15.3. The second kappa shape index (κ2) is 7.58. The molecule has 0 aliphatic carbocycles. The summed E-state index contributed by atoms with van der Waals surface area (Å²) in [5, 5.41) is 0.242. The Morgan fingerprint density at radius 1 is 1.45 bits per heavy atom. The number of benzene rings is 1. The van der Waals surface area contributed by atoms with Gasteiger partial charge in [0.25, 0.3) is 0 Å². The van der Waals surface area contributed by atoms with E-state index in [1.54, 1.807) is 0 Å². The van der Waals surface area contributed by atoms with Crippen LogP contribution in [0.3, 0.4) is 0 Å². The molecule has 0 spiro atoms. The van der Waals surface area contributed by atoms with Gasteiger partial charge in [0.2, 0.25) is 10.0 Å². The van der Waals surface area contributed by atoms with Gasteiger partial charge in [-0.2, -0.15) is 0 Å². The maximum Gasteiger partial charge on any atom is 0.241 e. The first kappa shape index (κ1) is 17.7. The molecule has 6 nitrogen and oxygen atoms in total. The minimum Gasteiger partial charge on any atom is -0.398 e. The van der Waals surface area contributed by atoms with Gasteiger partial charge in [-0.1, -0.05) is 11.6 Å². The van der Waals surface area contributed by atoms with Crippen LogP contribution in [0.4, 0.5) is 5.69 Å². The van der Waals surface area contributed by atoms with Gasteiger partial charge in [-0.3, -0.25) is 0 Å². The van der Waals surface area contributed by atoms with E-state index < -0.39 is 10.0 Å². The van der Waals surface area contributed by atoms with E-state index in [-0.39, 0.29) is 39.3 Å².